The lowest BCUT2D eigenvalue weighted by molar-refractivity contribution is -0.144. The van der Waals surface area contributed by atoms with E-state index in [4.69, 9.17) is 92.5 Å². The smallest absolute Gasteiger partial charge is 0.408 e. The summed E-state index contributed by atoms with van der Waals surface area (Å²) in [7, 11) is 0. The fraction of sp³-hybridized carbons (Fsp3) is 0.297. The minimum atomic E-state index is -1.29. The number of amides is 1. The van der Waals surface area contributed by atoms with E-state index < -0.39 is 85.5 Å². The molecule has 0 saturated carbocycles. The summed E-state index contributed by atoms with van der Waals surface area (Å²) in [5.41, 5.74) is 10.4. The molecule has 3 rings (SSSR count). The van der Waals surface area contributed by atoms with Gasteiger partial charge in [0.25, 0.3) is 0 Å². The number of nitrogens with one attached hydrogen (secondary N) is 1. The number of carbonyl (C=O) groups excluding carboxylic acids is 4. The number of benzene rings is 3. The first kappa shape index (κ1) is 53.5. The van der Waals surface area contributed by atoms with Gasteiger partial charge in [0.15, 0.2) is 13.2 Å². The van der Waals surface area contributed by atoms with Crippen molar-refractivity contribution in [2.24, 2.45) is 17.4 Å². The summed E-state index contributed by atoms with van der Waals surface area (Å²) >= 11 is 23.5. The number of nitrogens with two attached hydrogens (primary N) is 2. The molecule has 3 atom stereocenters. The molecule has 0 fully saturated rings. The number of carboxylic acids is 4. The Labute approximate surface area is 357 Å². The topological polar surface area (TPSA) is 309 Å². The molecule has 0 heterocycles. The lowest BCUT2D eigenvalue weighted by Gasteiger charge is -2.17. The molecule has 322 valence electrons. The van der Waals surface area contributed by atoms with Crippen molar-refractivity contribution in [2.75, 3.05) is 13.2 Å². The van der Waals surface area contributed by atoms with Crippen molar-refractivity contribution < 1.29 is 73.0 Å². The van der Waals surface area contributed by atoms with E-state index in [1.807, 2.05) is 30.3 Å². The number of hydrogen-bond acceptors (Lipinski definition) is 13. The van der Waals surface area contributed by atoms with Crippen molar-refractivity contribution in [3.8, 4) is 0 Å². The summed E-state index contributed by atoms with van der Waals surface area (Å²) in [6.07, 6.45) is -1.25. The van der Waals surface area contributed by atoms with Crippen molar-refractivity contribution in [1.82, 2.24) is 5.32 Å². The molecule has 0 aromatic heterocycles. The Morgan fingerprint density at radius 3 is 1.32 bits per heavy atom. The second-order valence-electron chi connectivity index (χ2n) is 11.8. The molecular weight excluding hydrogens is 868 g/mol. The first-order valence-electron chi connectivity index (χ1n) is 16.6. The van der Waals surface area contributed by atoms with Gasteiger partial charge in [-0.2, -0.15) is 0 Å². The van der Waals surface area contributed by atoms with Gasteiger partial charge in [-0.3, -0.25) is 19.2 Å². The van der Waals surface area contributed by atoms with E-state index in [1.165, 1.54) is 31.2 Å². The highest BCUT2D eigenvalue weighted by atomic mass is 35.5. The van der Waals surface area contributed by atoms with Crippen LogP contribution in [0.25, 0.3) is 0 Å². The van der Waals surface area contributed by atoms with Crippen LogP contribution in [0.15, 0.2) is 66.7 Å². The van der Waals surface area contributed by atoms with Crippen LogP contribution >= 0.6 is 46.4 Å². The molecule has 0 unspecified atom stereocenters. The molecule has 0 aliphatic heterocycles. The summed E-state index contributed by atoms with van der Waals surface area (Å²) in [6, 6.07) is 15.2. The van der Waals surface area contributed by atoms with E-state index in [0.29, 0.717) is 0 Å². The average Bonchev–Trinajstić information content (AvgIpc) is 3.15. The predicted octanol–water partition coefficient (Wildman–Crippen LogP) is 5.20. The molecule has 1 amide bonds. The zero-order valence-electron chi connectivity index (χ0n) is 31.4. The maximum Gasteiger partial charge on any atom is 0.408 e. The number of hydrogen-bond donors (Lipinski definition) is 7. The van der Waals surface area contributed by atoms with Gasteiger partial charge >= 0.3 is 41.9 Å². The van der Waals surface area contributed by atoms with E-state index in [9.17, 15) is 38.4 Å². The van der Waals surface area contributed by atoms with Crippen LogP contribution in [0.1, 0.15) is 53.5 Å². The molecule has 59 heavy (non-hydrogen) atoms. The monoisotopic (exact) mass is 907 g/mol. The minimum Gasteiger partial charge on any atom is -0.481 e. The Bertz CT molecular complexity index is 1800. The van der Waals surface area contributed by atoms with Crippen LogP contribution in [0.3, 0.4) is 0 Å². The minimum absolute atomic E-state index is 0.0523. The lowest BCUT2D eigenvalue weighted by Crippen LogP contribution is -2.44. The molecule has 3 aromatic carbocycles. The van der Waals surface area contributed by atoms with Gasteiger partial charge in [-0.05, 0) is 42.7 Å². The normalized spacial score (nSPS) is 11.5. The number of alkyl carbamates (subject to hydrolysis) is 1. The molecule has 0 radical (unpaired) electrons. The van der Waals surface area contributed by atoms with Crippen molar-refractivity contribution in [2.45, 2.75) is 51.9 Å². The number of Topliss-reactive ketones (excluding diaryl/α,β-unsaturated/α-hetero) is 1. The Balaban J connectivity index is 0.000000877. The van der Waals surface area contributed by atoms with Crippen LogP contribution in [0.2, 0.25) is 20.1 Å². The van der Waals surface area contributed by atoms with Crippen molar-refractivity contribution in [3.63, 3.8) is 0 Å². The van der Waals surface area contributed by atoms with Gasteiger partial charge in [-0.1, -0.05) is 103 Å². The molecule has 0 aliphatic rings. The second-order valence-corrected chi connectivity index (χ2v) is 13.4. The van der Waals surface area contributed by atoms with Crippen molar-refractivity contribution >= 4 is 94.1 Å². The van der Waals surface area contributed by atoms with Crippen molar-refractivity contribution in [3.05, 3.63) is 104 Å². The first-order valence-corrected chi connectivity index (χ1v) is 18.1. The summed E-state index contributed by atoms with van der Waals surface area (Å²) in [5, 5.41) is 35.5. The van der Waals surface area contributed by atoms with E-state index >= 15 is 0 Å². The Morgan fingerprint density at radius 2 is 1.02 bits per heavy atom. The molecular formula is C37H41Cl4N3O15. The maximum atomic E-state index is 12.0. The third-order valence-corrected chi connectivity index (χ3v) is 7.84. The van der Waals surface area contributed by atoms with Gasteiger partial charge in [-0.15, -0.1) is 0 Å². The quantitative estimate of drug-likeness (QED) is 0.0761. The van der Waals surface area contributed by atoms with E-state index in [-0.39, 0.29) is 43.7 Å². The van der Waals surface area contributed by atoms with Crippen LogP contribution in [0.5, 0.6) is 0 Å². The zero-order valence-corrected chi connectivity index (χ0v) is 34.5. The van der Waals surface area contributed by atoms with Gasteiger partial charge in [0.2, 0.25) is 5.78 Å². The standard InChI is InChI=1S/C17H10Cl4O5.C13H17NO4.C4H7NO4.C3H7NO2/c18-10-3-1-4-11(19)14(10)16(23)25-7-9(22)8-26-17(24)15-12(20)5-2-6-13(15)21;1-9(2)11(12(15)16)14-13(17)18-8-10-6-4-3-5-7-10;5-2(4(8)9)1-3(6)7;1-2(4)3(5)6/h1-6H,7-8H2;3-7,9,11H,8H2,1-2H3,(H,14,17)(H,15,16);2H,1,5H2,(H,6,7)(H,8,9);2H,4H2,1H3,(H,5,6)/t;11-;2*2-/m.000/s1. The third-order valence-electron chi connectivity index (χ3n) is 6.58. The Morgan fingerprint density at radius 1 is 0.610 bits per heavy atom. The number of carboxylic acid groups (broad SMARTS) is 4. The van der Waals surface area contributed by atoms with Crippen LogP contribution in [0, 0.1) is 5.92 Å². The van der Waals surface area contributed by atoms with Gasteiger partial charge in [0.1, 0.15) is 24.7 Å². The number of ketones is 1. The SMILES string of the molecule is CC(C)[C@H](NC(=O)OCc1ccccc1)C(=O)O.C[C@H](N)C(=O)O.N[C@@H](CC(=O)O)C(=O)O.O=C(COC(=O)c1c(Cl)cccc1Cl)COC(=O)c1c(Cl)cccc1Cl. The molecule has 0 spiro atoms. The largest absolute Gasteiger partial charge is 0.481 e. The van der Waals surface area contributed by atoms with E-state index in [2.05, 4.69) is 5.32 Å². The average molecular weight is 910 g/mol. The molecule has 0 aliphatic carbocycles. The van der Waals surface area contributed by atoms with E-state index in [0.717, 1.165) is 5.56 Å². The Hall–Kier alpha value is -5.50. The predicted molar refractivity (Wildman–Crippen MR) is 214 cm³/mol. The highest BCUT2D eigenvalue weighted by Crippen LogP contribution is 2.26. The zero-order chi connectivity index (χ0) is 45.4. The highest BCUT2D eigenvalue weighted by Gasteiger charge is 2.24. The fourth-order valence-corrected chi connectivity index (χ4v) is 4.65. The van der Waals surface area contributed by atoms with Gasteiger partial charge < -0.3 is 51.4 Å². The summed E-state index contributed by atoms with van der Waals surface area (Å²) in [5.74, 6) is -7.12. The number of ether oxygens (including phenoxy) is 3. The van der Waals surface area contributed by atoms with E-state index in [1.54, 1.807) is 26.0 Å². The number of aliphatic carboxylic acids is 4. The molecule has 3 aromatic rings. The summed E-state index contributed by atoms with van der Waals surface area (Å²) in [4.78, 5) is 87.2. The first-order chi connectivity index (χ1) is 27.5. The molecule has 22 heteroatoms. The summed E-state index contributed by atoms with van der Waals surface area (Å²) in [6.45, 7) is 3.74. The second kappa shape index (κ2) is 28.0. The molecule has 18 nitrogen and oxygen atoms in total. The molecule has 9 N–H and O–H groups in total. The lowest BCUT2D eigenvalue weighted by atomic mass is 10.1. The number of esters is 2. The van der Waals surface area contributed by atoms with Gasteiger partial charge in [0, 0.05) is 0 Å². The van der Waals surface area contributed by atoms with Crippen LogP contribution < -0.4 is 16.8 Å². The van der Waals surface area contributed by atoms with Gasteiger partial charge in [-0.25, -0.2) is 19.2 Å². The van der Waals surface area contributed by atoms with Crippen LogP contribution in [0.4, 0.5) is 4.79 Å². The van der Waals surface area contributed by atoms with Crippen LogP contribution in [-0.2, 0) is 44.8 Å². The summed E-state index contributed by atoms with van der Waals surface area (Å²) < 4.78 is 14.6. The molecule has 0 saturated heterocycles. The maximum absolute atomic E-state index is 12.0. The number of halogens is 4. The fourth-order valence-electron chi connectivity index (χ4n) is 3.54. The Kier molecular flexibility index (Phi) is 25.4. The highest BCUT2D eigenvalue weighted by molar-refractivity contribution is 6.40. The number of rotatable bonds is 15. The number of carbonyl (C=O) groups is 8. The van der Waals surface area contributed by atoms with Crippen molar-refractivity contribution in [1.29, 1.82) is 0 Å². The third kappa shape index (κ3) is 22.3. The van der Waals surface area contributed by atoms with Crippen LogP contribution in [-0.4, -0.2) is 99.5 Å². The van der Waals surface area contributed by atoms with Gasteiger partial charge in [0.05, 0.1) is 37.6 Å². The molecule has 0 bridgehead atoms.